The summed E-state index contributed by atoms with van der Waals surface area (Å²) in [4.78, 5) is 12.3. The zero-order chi connectivity index (χ0) is 17.4. The first-order valence-corrected chi connectivity index (χ1v) is 7.37. The van der Waals surface area contributed by atoms with Crippen molar-refractivity contribution in [3.63, 3.8) is 0 Å². The van der Waals surface area contributed by atoms with Gasteiger partial charge in [-0.15, -0.1) is 0 Å². The Hall–Kier alpha value is -2.49. The number of halogens is 2. The van der Waals surface area contributed by atoms with E-state index in [-0.39, 0.29) is 29.9 Å². The van der Waals surface area contributed by atoms with Gasteiger partial charge in [-0.3, -0.25) is 4.79 Å². The van der Waals surface area contributed by atoms with Gasteiger partial charge < -0.3 is 4.74 Å². The minimum atomic E-state index is -0.967. The Kier molecular flexibility index (Phi) is 7.13. The van der Waals surface area contributed by atoms with Crippen LogP contribution < -0.4 is 0 Å². The summed E-state index contributed by atoms with van der Waals surface area (Å²) in [6.45, 7) is 11.3. The molecule has 0 saturated heterocycles. The largest absolute Gasteiger partial charge is 0.489 e. The first-order valence-electron chi connectivity index (χ1n) is 7.37. The van der Waals surface area contributed by atoms with Gasteiger partial charge in [0.2, 0.25) is 0 Å². The average molecular weight is 318 g/mol. The van der Waals surface area contributed by atoms with Gasteiger partial charge >= 0.3 is 0 Å². The number of ketones is 1. The summed E-state index contributed by atoms with van der Waals surface area (Å²) in [7, 11) is 0. The highest BCUT2D eigenvalue weighted by Gasteiger charge is 2.18. The molecule has 4 heteroatoms. The van der Waals surface area contributed by atoms with Crippen LogP contribution in [0.3, 0.4) is 0 Å². The topological polar surface area (TPSA) is 26.3 Å². The van der Waals surface area contributed by atoms with E-state index >= 15 is 0 Å². The highest BCUT2D eigenvalue weighted by Crippen LogP contribution is 2.22. The van der Waals surface area contributed by atoms with E-state index in [1.807, 2.05) is 13.8 Å². The highest BCUT2D eigenvalue weighted by atomic mass is 19.2. The molecule has 0 aromatic heterocycles. The normalized spacial score (nSPS) is 18.7. The molecule has 0 radical (unpaired) electrons. The molecule has 0 N–H and O–H groups in total. The maximum atomic E-state index is 13.9. The van der Waals surface area contributed by atoms with Gasteiger partial charge in [-0.2, -0.15) is 0 Å². The number of hydrogen-bond acceptors (Lipinski definition) is 2. The smallest absolute Gasteiger partial charge is 0.170 e. The second kappa shape index (κ2) is 8.83. The van der Waals surface area contributed by atoms with Crippen molar-refractivity contribution in [2.24, 2.45) is 0 Å². The Labute approximate surface area is 135 Å². The Morgan fingerprint density at radius 2 is 1.87 bits per heavy atom. The lowest BCUT2D eigenvalue weighted by atomic mass is 9.96. The molecular formula is C19H20F2O2. The van der Waals surface area contributed by atoms with Crippen LogP contribution in [-0.4, -0.2) is 12.4 Å². The number of hydrogen-bond donors (Lipinski definition) is 0. The lowest BCUT2D eigenvalue weighted by Crippen LogP contribution is -2.11. The molecule has 1 aromatic carbocycles. The second-order valence-corrected chi connectivity index (χ2v) is 4.43. The highest BCUT2D eigenvalue weighted by molar-refractivity contribution is 6.00. The van der Waals surface area contributed by atoms with Gasteiger partial charge in [0.1, 0.15) is 12.4 Å². The van der Waals surface area contributed by atoms with Crippen LogP contribution in [0.15, 0.2) is 54.9 Å². The molecule has 0 amide bonds. The minimum Gasteiger partial charge on any atom is -0.489 e. The van der Waals surface area contributed by atoms with Crippen LogP contribution >= 0.6 is 0 Å². The molecular weight excluding hydrogens is 298 g/mol. The number of fused-ring (bicyclic) bond motifs is 1. The molecule has 1 aliphatic rings. The summed E-state index contributed by atoms with van der Waals surface area (Å²) < 4.78 is 32.6. The molecule has 1 aromatic rings. The van der Waals surface area contributed by atoms with Gasteiger partial charge in [0.15, 0.2) is 17.4 Å². The number of benzene rings is 1. The van der Waals surface area contributed by atoms with Crippen LogP contribution in [-0.2, 0) is 16.0 Å². The number of carbonyl (C=O) groups excluding carboxylic acids is 1. The number of carbonyl (C=O) groups is 1. The summed E-state index contributed by atoms with van der Waals surface area (Å²) in [5, 5.41) is 0. The maximum absolute atomic E-state index is 13.9. The molecule has 0 saturated carbocycles. The standard InChI is InChI=1S/C17H14F2O2.C2H6/c1-3-12-15(20)10-11-7-8-14(18)17(19)13(11)6-5-9-21-16(12)4-2;1-2/h3-8H,1-2,9-10H2;1-2H3/b6-5-,16-12-;. The summed E-state index contributed by atoms with van der Waals surface area (Å²) in [5.41, 5.74) is 0.758. The van der Waals surface area contributed by atoms with Crippen molar-refractivity contribution < 1.29 is 18.3 Å². The van der Waals surface area contributed by atoms with E-state index < -0.39 is 11.6 Å². The van der Waals surface area contributed by atoms with E-state index in [1.54, 1.807) is 6.08 Å². The fourth-order valence-corrected chi connectivity index (χ4v) is 2.11. The molecule has 0 aliphatic carbocycles. The van der Waals surface area contributed by atoms with Crippen LogP contribution in [0.1, 0.15) is 25.0 Å². The third-order valence-electron chi connectivity index (χ3n) is 3.15. The Morgan fingerprint density at radius 3 is 2.48 bits per heavy atom. The predicted octanol–water partition coefficient (Wildman–Crippen LogP) is 4.77. The SMILES string of the molecule is C=C/C1=C(\C=C)C(=O)Cc2ccc(F)c(F)c2/C=C\CO1.CC. The van der Waals surface area contributed by atoms with E-state index in [0.29, 0.717) is 11.3 Å². The molecule has 1 heterocycles. The fraction of sp³-hybridized carbons (Fsp3) is 0.211. The molecule has 0 atom stereocenters. The van der Waals surface area contributed by atoms with Crippen molar-refractivity contribution in [3.8, 4) is 0 Å². The zero-order valence-electron chi connectivity index (χ0n) is 13.4. The van der Waals surface area contributed by atoms with Crippen molar-refractivity contribution in [1.29, 1.82) is 0 Å². The van der Waals surface area contributed by atoms with Gasteiger partial charge in [0.25, 0.3) is 0 Å². The summed E-state index contributed by atoms with van der Waals surface area (Å²) >= 11 is 0. The second-order valence-electron chi connectivity index (χ2n) is 4.43. The zero-order valence-corrected chi connectivity index (χ0v) is 13.4. The molecule has 0 spiro atoms. The molecule has 1 aliphatic heterocycles. The first kappa shape index (κ1) is 18.6. The Bertz CT molecular complexity index is 670. The predicted molar refractivity (Wildman–Crippen MR) is 88.8 cm³/mol. The van der Waals surface area contributed by atoms with Gasteiger partial charge in [0.05, 0.1) is 5.57 Å². The summed E-state index contributed by atoms with van der Waals surface area (Å²) in [6.07, 6.45) is 5.71. The van der Waals surface area contributed by atoms with Crippen molar-refractivity contribution in [3.05, 3.63) is 77.6 Å². The Morgan fingerprint density at radius 1 is 1.17 bits per heavy atom. The number of Topliss-reactive ketones (excluding diaryl/α,β-unsaturated/α-hetero) is 1. The van der Waals surface area contributed by atoms with Gasteiger partial charge in [0, 0.05) is 12.0 Å². The third kappa shape index (κ3) is 4.25. The van der Waals surface area contributed by atoms with E-state index in [0.717, 1.165) is 6.07 Å². The van der Waals surface area contributed by atoms with Crippen molar-refractivity contribution >= 4 is 11.9 Å². The summed E-state index contributed by atoms with van der Waals surface area (Å²) in [6, 6.07) is 2.43. The molecule has 0 bridgehead atoms. The molecule has 0 unspecified atom stereocenters. The monoisotopic (exact) mass is 318 g/mol. The lowest BCUT2D eigenvalue weighted by Gasteiger charge is -2.13. The van der Waals surface area contributed by atoms with E-state index in [1.165, 1.54) is 24.3 Å². The molecule has 0 fully saturated rings. The van der Waals surface area contributed by atoms with Crippen LogP contribution in [0, 0.1) is 11.6 Å². The number of allylic oxidation sites excluding steroid dienone is 3. The minimum absolute atomic E-state index is 0.0671. The van der Waals surface area contributed by atoms with Crippen LogP contribution in [0.5, 0.6) is 0 Å². The van der Waals surface area contributed by atoms with Gasteiger partial charge in [-0.05, 0) is 23.8 Å². The first-order chi connectivity index (χ1) is 11.1. The van der Waals surface area contributed by atoms with Gasteiger partial charge in [-0.25, -0.2) is 8.78 Å². The van der Waals surface area contributed by atoms with Crippen molar-refractivity contribution in [2.45, 2.75) is 20.3 Å². The van der Waals surface area contributed by atoms with Gasteiger partial charge in [-0.1, -0.05) is 45.2 Å². The maximum Gasteiger partial charge on any atom is 0.170 e. The van der Waals surface area contributed by atoms with E-state index in [4.69, 9.17) is 4.74 Å². The molecule has 2 nitrogen and oxygen atoms in total. The van der Waals surface area contributed by atoms with Crippen LogP contribution in [0.4, 0.5) is 8.78 Å². The number of rotatable bonds is 2. The fourth-order valence-electron chi connectivity index (χ4n) is 2.11. The summed E-state index contributed by atoms with van der Waals surface area (Å²) in [5.74, 6) is -1.88. The van der Waals surface area contributed by atoms with E-state index in [2.05, 4.69) is 13.2 Å². The van der Waals surface area contributed by atoms with Crippen molar-refractivity contribution in [2.75, 3.05) is 6.61 Å². The molecule has 23 heavy (non-hydrogen) atoms. The van der Waals surface area contributed by atoms with Crippen LogP contribution in [0.25, 0.3) is 6.08 Å². The number of ether oxygens (including phenoxy) is 1. The third-order valence-corrected chi connectivity index (χ3v) is 3.15. The molecule has 2 rings (SSSR count). The van der Waals surface area contributed by atoms with Crippen LogP contribution in [0.2, 0.25) is 0 Å². The van der Waals surface area contributed by atoms with Crippen molar-refractivity contribution in [1.82, 2.24) is 0 Å². The average Bonchev–Trinajstić information content (AvgIpc) is 2.57. The van der Waals surface area contributed by atoms with E-state index in [9.17, 15) is 13.6 Å². The Balaban J connectivity index is 0.00000127. The molecule has 122 valence electrons. The quantitative estimate of drug-likeness (QED) is 0.785. The lowest BCUT2D eigenvalue weighted by molar-refractivity contribution is -0.114.